The van der Waals surface area contributed by atoms with Crippen LogP contribution < -0.4 is 11.3 Å². The van der Waals surface area contributed by atoms with Crippen LogP contribution in [0.25, 0.3) is 0 Å². The van der Waals surface area contributed by atoms with Crippen LogP contribution in [-0.4, -0.2) is 11.8 Å². The van der Waals surface area contributed by atoms with E-state index in [1.807, 2.05) is 30.3 Å². The van der Waals surface area contributed by atoms with E-state index in [0.29, 0.717) is 0 Å². The molecule has 1 unspecified atom stereocenters. The molecule has 20 heavy (non-hydrogen) atoms. The van der Waals surface area contributed by atoms with Gasteiger partial charge in [0.1, 0.15) is 0 Å². The molecule has 0 bridgehead atoms. The summed E-state index contributed by atoms with van der Waals surface area (Å²) in [7, 11) is 0. The predicted molar refractivity (Wildman–Crippen MR) is 91.1 cm³/mol. The van der Waals surface area contributed by atoms with Gasteiger partial charge in [-0.15, -0.1) is 11.8 Å². The second kappa shape index (κ2) is 8.05. The molecule has 5 heteroatoms. The predicted octanol–water partition coefficient (Wildman–Crippen LogP) is 4.27. The molecule has 0 aliphatic carbocycles. The number of benzene rings is 2. The van der Waals surface area contributed by atoms with Crippen LogP contribution in [0.3, 0.4) is 0 Å². The van der Waals surface area contributed by atoms with E-state index in [-0.39, 0.29) is 6.04 Å². The number of nitrogens with one attached hydrogen (secondary N) is 1. The molecule has 0 aliphatic heterocycles. The second-order valence-electron chi connectivity index (χ2n) is 4.46. The third kappa shape index (κ3) is 5.11. The van der Waals surface area contributed by atoms with Gasteiger partial charge in [0.25, 0.3) is 0 Å². The van der Waals surface area contributed by atoms with E-state index >= 15 is 0 Å². The molecule has 2 nitrogen and oxygen atoms in total. The van der Waals surface area contributed by atoms with Gasteiger partial charge in [-0.05, 0) is 48.4 Å². The lowest BCUT2D eigenvalue weighted by Crippen LogP contribution is -2.38. The van der Waals surface area contributed by atoms with Crippen molar-refractivity contribution in [3.05, 3.63) is 63.6 Å². The number of thioether (sulfide) groups is 1. The van der Waals surface area contributed by atoms with E-state index in [1.165, 1.54) is 10.5 Å². The number of halogens is 2. The van der Waals surface area contributed by atoms with E-state index in [1.54, 1.807) is 11.8 Å². The average molecular weight is 372 g/mol. The van der Waals surface area contributed by atoms with Gasteiger partial charge >= 0.3 is 0 Å². The van der Waals surface area contributed by atoms with Crippen LogP contribution in [0.1, 0.15) is 5.56 Å². The number of hydrogen-bond donors (Lipinski definition) is 2. The van der Waals surface area contributed by atoms with Crippen LogP contribution in [0.15, 0.2) is 57.9 Å². The number of hydrazine groups is 1. The second-order valence-corrected chi connectivity index (χ2v) is 6.91. The van der Waals surface area contributed by atoms with Gasteiger partial charge < -0.3 is 0 Å². The first-order valence-electron chi connectivity index (χ1n) is 6.26. The molecule has 1 atom stereocenters. The van der Waals surface area contributed by atoms with Crippen molar-refractivity contribution in [1.82, 2.24) is 5.43 Å². The molecule has 0 heterocycles. The zero-order valence-corrected chi connectivity index (χ0v) is 14.0. The van der Waals surface area contributed by atoms with Crippen molar-refractivity contribution < 1.29 is 0 Å². The van der Waals surface area contributed by atoms with E-state index in [9.17, 15) is 0 Å². The first-order valence-corrected chi connectivity index (χ1v) is 8.42. The quantitative estimate of drug-likeness (QED) is 0.452. The van der Waals surface area contributed by atoms with E-state index in [4.69, 9.17) is 17.4 Å². The summed E-state index contributed by atoms with van der Waals surface area (Å²) in [6.07, 6.45) is 0.862. The van der Waals surface area contributed by atoms with Crippen LogP contribution in [-0.2, 0) is 6.42 Å². The molecule has 0 spiro atoms. The molecule has 0 saturated carbocycles. The van der Waals surface area contributed by atoms with Gasteiger partial charge in [-0.25, -0.2) is 0 Å². The fraction of sp³-hybridized carbons (Fsp3) is 0.200. The van der Waals surface area contributed by atoms with Gasteiger partial charge in [0.05, 0.1) is 0 Å². The molecule has 2 aromatic carbocycles. The van der Waals surface area contributed by atoms with Crippen LogP contribution >= 0.6 is 39.3 Å². The van der Waals surface area contributed by atoms with Crippen LogP contribution in [0.4, 0.5) is 0 Å². The Labute approximate surface area is 137 Å². The zero-order chi connectivity index (χ0) is 14.4. The summed E-state index contributed by atoms with van der Waals surface area (Å²) in [5, 5.41) is 0.763. The normalized spacial score (nSPS) is 12.3. The Balaban J connectivity index is 1.90. The third-order valence-corrected chi connectivity index (χ3v) is 4.81. The molecule has 2 aromatic rings. The fourth-order valence-electron chi connectivity index (χ4n) is 1.84. The Morgan fingerprint density at radius 3 is 2.60 bits per heavy atom. The van der Waals surface area contributed by atoms with Crippen molar-refractivity contribution in [1.29, 1.82) is 0 Å². The highest BCUT2D eigenvalue weighted by Gasteiger charge is 2.09. The maximum atomic E-state index is 6.00. The number of rotatable bonds is 6. The highest BCUT2D eigenvalue weighted by molar-refractivity contribution is 9.10. The Kier molecular flexibility index (Phi) is 6.39. The lowest BCUT2D eigenvalue weighted by Gasteiger charge is -2.15. The van der Waals surface area contributed by atoms with Crippen LogP contribution in [0.2, 0.25) is 5.02 Å². The average Bonchev–Trinajstić information content (AvgIpc) is 2.45. The van der Waals surface area contributed by atoms with Crippen molar-refractivity contribution in [2.75, 3.05) is 5.75 Å². The Morgan fingerprint density at radius 2 is 1.95 bits per heavy atom. The van der Waals surface area contributed by atoms with Gasteiger partial charge in [0.15, 0.2) is 0 Å². The molecule has 3 N–H and O–H groups in total. The lowest BCUT2D eigenvalue weighted by molar-refractivity contribution is 0.575. The van der Waals surface area contributed by atoms with Gasteiger partial charge in [-0.2, -0.15) is 0 Å². The van der Waals surface area contributed by atoms with Gasteiger partial charge in [0, 0.05) is 26.2 Å². The minimum absolute atomic E-state index is 0.210. The van der Waals surface area contributed by atoms with E-state index in [2.05, 4.69) is 39.6 Å². The first-order chi connectivity index (χ1) is 9.67. The monoisotopic (exact) mass is 370 g/mol. The maximum Gasteiger partial charge on any atom is 0.0408 e. The number of hydrogen-bond acceptors (Lipinski definition) is 3. The summed E-state index contributed by atoms with van der Waals surface area (Å²) in [6.45, 7) is 0. The molecule has 0 aromatic heterocycles. The lowest BCUT2D eigenvalue weighted by atomic mass is 10.1. The molecular weight excluding hydrogens is 356 g/mol. The van der Waals surface area contributed by atoms with Crippen molar-refractivity contribution in [3.63, 3.8) is 0 Å². The molecule has 0 saturated heterocycles. The van der Waals surface area contributed by atoms with E-state index in [0.717, 1.165) is 21.7 Å². The van der Waals surface area contributed by atoms with Crippen molar-refractivity contribution in [2.45, 2.75) is 17.4 Å². The topological polar surface area (TPSA) is 38.0 Å². The van der Waals surface area contributed by atoms with Crippen LogP contribution in [0.5, 0.6) is 0 Å². The van der Waals surface area contributed by atoms with Gasteiger partial charge in [-0.3, -0.25) is 11.3 Å². The molecule has 0 aliphatic rings. The highest BCUT2D eigenvalue weighted by Crippen LogP contribution is 2.22. The standard InChI is InChI=1S/C15H16BrClN2S/c16-12-4-6-15(7-5-12)20-10-14(19-18)9-11-2-1-3-13(17)8-11/h1-8,14,19H,9-10,18H2. The molecular formula is C15H16BrClN2S. The molecule has 2 rings (SSSR count). The summed E-state index contributed by atoms with van der Waals surface area (Å²) < 4.78 is 1.09. The SMILES string of the molecule is NNC(CSc1ccc(Br)cc1)Cc1cccc(Cl)c1. The summed E-state index contributed by atoms with van der Waals surface area (Å²) in [5.41, 5.74) is 4.07. The molecule has 0 amide bonds. The van der Waals surface area contributed by atoms with Gasteiger partial charge in [-0.1, -0.05) is 39.7 Å². The Bertz CT molecular complexity index is 548. The minimum Gasteiger partial charge on any atom is -0.271 e. The smallest absolute Gasteiger partial charge is 0.0408 e. The molecule has 106 valence electrons. The molecule has 0 fully saturated rings. The van der Waals surface area contributed by atoms with Crippen molar-refractivity contribution in [2.24, 2.45) is 5.84 Å². The highest BCUT2D eigenvalue weighted by atomic mass is 79.9. The largest absolute Gasteiger partial charge is 0.271 e. The van der Waals surface area contributed by atoms with Crippen molar-refractivity contribution in [3.8, 4) is 0 Å². The summed E-state index contributed by atoms with van der Waals surface area (Å²) >= 11 is 11.2. The third-order valence-electron chi connectivity index (χ3n) is 2.87. The summed E-state index contributed by atoms with van der Waals surface area (Å²) in [5.74, 6) is 6.55. The summed E-state index contributed by atoms with van der Waals surface area (Å²) in [4.78, 5) is 1.24. The number of nitrogens with two attached hydrogens (primary N) is 1. The van der Waals surface area contributed by atoms with E-state index < -0.39 is 0 Å². The first kappa shape index (κ1) is 15.9. The Morgan fingerprint density at radius 1 is 1.20 bits per heavy atom. The summed E-state index contributed by atoms with van der Waals surface area (Å²) in [6, 6.07) is 16.4. The Hall–Kier alpha value is -0.520. The zero-order valence-electron chi connectivity index (χ0n) is 10.9. The fourth-order valence-corrected chi connectivity index (χ4v) is 3.26. The minimum atomic E-state index is 0.210. The maximum absolute atomic E-state index is 6.00. The van der Waals surface area contributed by atoms with Crippen molar-refractivity contribution >= 4 is 39.3 Å². The van der Waals surface area contributed by atoms with Crippen LogP contribution in [0, 0.1) is 0 Å². The van der Waals surface area contributed by atoms with Gasteiger partial charge in [0.2, 0.25) is 0 Å². The molecule has 0 radical (unpaired) electrons.